The molecule has 0 heterocycles. The molecule has 1 rings (SSSR count). The van der Waals surface area contributed by atoms with Crippen molar-refractivity contribution in [3.8, 4) is 5.75 Å². The molecule has 0 atom stereocenters. The van der Waals surface area contributed by atoms with Gasteiger partial charge in [0.1, 0.15) is 5.75 Å². The van der Waals surface area contributed by atoms with E-state index < -0.39 is 4.92 Å². The number of nitrogens with zero attached hydrogens (tertiary/aromatic N) is 1. The summed E-state index contributed by atoms with van der Waals surface area (Å²) < 4.78 is 0.333. The van der Waals surface area contributed by atoms with Crippen LogP contribution in [0.2, 0.25) is 0 Å². The van der Waals surface area contributed by atoms with Crippen LogP contribution >= 0.6 is 15.9 Å². The summed E-state index contributed by atoms with van der Waals surface area (Å²) >= 11 is 2.99. The normalized spacial score (nSPS) is 9.83. The first-order chi connectivity index (χ1) is 5.52. The maximum absolute atomic E-state index is 10.4. The molecule has 64 valence electrons. The second kappa shape index (κ2) is 3.10. The number of phenolic OH excluding ortho intramolecular Hbond substituents is 1. The summed E-state index contributed by atoms with van der Waals surface area (Å²) in [6, 6.07) is 2.63. The Bertz CT molecular complexity index is 338. The van der Waals surface area contributed by atoms with E-state index in [9.17, 15) is 10.1 Å². The molecule has 0 bridgehead atoms. The van der Waals surface area contributed by atoms with Crippen molar-refractivity contribution in [2.75, 3.05) is 0 Å². The van der Waals surface area contributed by atoms with E-state index >= 15 is 0 Å². The van der Waals surface area contributed by atoms with Crippen molar-refractivity contribution >= 4 is 21.6 Å². The Morgan fingerprint density at radius 3 is 2.67 bits per heavy atom. The number of nitro groups is 1. The first kappa shape index (κ1) is 8.99. The van der Waals surface area contributed by atoms with Crippen LogP contribution in [0.15, 0.2) is 16.6 Å². The van der Waals surface area contributed by atoms with E-state index in [1.807, 2.05) is 0 Å². The summed E-state index contributed by atoms with van der Waals surface area (Å²) in [4.78, 5) is 9.90. The highest BCUT2D eigenvalue weighted by atomic mass is 79.9. The van der Waals surface area contributed by atoms with E-state index in [4.69, 9.17) is 5.11 Å². The lowest BCUT2D eigenvalue weighted by Gasteiger charge is -1.99. The Labute approximate surface area is 77.1 Å². The summed E-state index contributed by atoms with van der Waals surface area (Å²) in [5.41, 5.74) is 0.445. The Morgan fingerprint density at radius 2 is 2.17 bits per heavy atom. The largest absolute Gasteiger partial charge is 0.507 e. The molecule has 1 N–H and O–H groups in total. The Morgan fingerprint density at radius 1 is 1.58 bits per heavy atom. The van der Waals surface area contributed by atoms with Gasteiger partial charge in [-0.15, -0.1) is 0 Å². The van der Waals surface area contributed by atoms with Gasteiger partial charge in [0.05, 0.1) is 9.40 Å². The SMILES string of the molecule is Cc1cc(O)c(Br)cc1[N+](=O)[O-]. The smallest absolute Gasteiger partial charge is 0.273 e. The van der Waals surface area contributed by atoms with Gasteiger partial charge in [-0.05, 0) is 28.9 Å². The average molecular weight is 232 g/mol. The van der Waals surface area contributed by atoms with Gasteiger partial charge in [-0.1, -0.05) is 0 Å². The van der Waals surface area contributed by atoms with Gasteiger partial charge < -0.3 is 5.11 Å². The third kappa shape index (κ3) is 1.55. The van der Waals surface area contributed by atoms with Crippen molar-refractivity contribution in [1.82, 2.24) is 0 Å². The number of benzene rings is 1. The van der Waals surface area contributed by atoms with Gasteiger partial charge in [0.15, 0.2) is 0 Å². The van der Waals surface area contributed by atoms with Crippen LogP contribution in [0.4, 0.5) is 5.69 Å². The second-order valence-electron chi connectivity index (χ2n) is 2.35. The number of nitro benzene ring substituents is 1. The summed E-state index contributed by atoms with van der Waals surface area (Å²) in [5, 5.41) is 19.5. The van der Waals surface area contributed by atoms with Gasteiger partial charge >= 0.3 is 0 Å². The molecule has 0 aliphatic rings. The second-order valence-corrected chi connectivity index (χ2v) is 3.20. The number of halogens is 1. The summed E-state index contributed by atoms with van der Waals surface area (Å²) in [6.07, 6.45) is 0. The first-order valence-corrected chi connectivity index (χ1v) is 3.95. The van der Waals surface area contributed by atoms with E-state index in [1.54, 1.807) is 6.92 Å². The average Bonchev–Trinajstić information content (AvgIpc) is 1.96. The van der Waals surface area contributed by atoms with E-state index in [2.05, 4.69) is 15.9 Å². The third-order valence-electron chi connectivity index (χ3n) is 1.46. The first-order valence-electron chi connectivity index (χ1n) is 3.16. The van der Waals surface area contributed by atoms with Crippen LogP contribution < -0.4 is 0 Å². The standard InChI is InChI=1S/C7H6BrNO3/c1-4-2-7(10)5(8)3-6(4)9(11)12/h2-3,10H,1H3. The van der Waals surface area contributed by atoms with Crippen molar-refractivity contribution < 1.29 is 10.0 Å². The molecule has 5 heteroatoms. The fraction of sp³-hybridized carbons (Fsp3) is 0.143. The highest BCUT2D eigenvalue weighted by Gasteiger charge is 2.12. The maximum Gasteiger partial charge on any atom is 0.273 e. The lowest BCUT2D eigenvalue weighted by molar-refractivity contribution is -0.385. The van der Waals surface area contributed by atoms with Crippen LogP contribution in [0.25, 0.3) is 0 Å². The van der Waals surface area contributed by atoms with Gasteiger partial charge in [-0.2, -0.15) is 0 Å². The Hall–Kier alpha value is -1.10. The fourth-order valence-electron chi connectivity index (χ4n) is 0.852. The van der Waals surface area contributed by atoms with Crippen LogP contribution in [0.5, 0.6) is 5.75 Å². The van der Waals surface area contributed by atoms with Crippen LogP contribution in [0.1, 0.15) is 5.56 Å². The summed E-state index contributed by atoms with van der Waals surface area (Å²) in [7, 11) is 0. The molecule has 0 unspecified atom stereocenters. The van der Waals surface area contributed by atoms with Crippen molar-refractivity contribution in [3.63, 3.8) is 0 Å². The number of hydrogen-bond acceptors (Lipinski definition) is 3. The van der Waals surface area contributed by atoms with Crippen molar-refractivity contribution in [1.29, 1.82) is 0 Å². The molecule has 0 saturated heterocycles. The molecule has 0 aromatic heterocycles. The fourth-order valence-corrected chi connectivity index (χ4v) is 1.18. The van der Waals surface area contributed by atoms with E-state index in [1.165, 1.54) is 12.1 Å². The Balaban J connectivity index is 3.33. The number of rotatable bonds is 1. The quantitative estimate of drug-likeness (QED) is 0.597. The van der Waals surface area contributed by atoms with Crippen molar-refractivity contribution in [3.05, 3.63) is 32.3 Å². The van der Waals surface area contributed by atoms with Crippen LogP contribution in [0.3, 0.4) is 0 Å². The van der Waals surface area contributed by atoms with Crippen molar-refractivity contribution in [2.24, 2.45) is 0 Å². The molecule has 0 amide bonds. The zero-order chi connectivity index (χ0) is 9.30. The lowest BCUT2D eigenvalue weighted by atomic mass is 10.2. The molecule has 0 spiro atoms. The topological polar surface area (TPSA) is 63.4 Å². The minimum absolute atomic E-state index is 0.000301. The lowest BCUT2D eigenvalue weighted by Crippen LogP contribution is -1.91. The molecular formula is C7H6BrNO3. The van der Waals surface area contributed by atoms with E-state index in [-0.39, 0.29) is 11.4 Å². The third-order valence-corrected chi connectivity index (χ3v) is 2.10. The zero-order valence-corrected chi connectivity index (χ0v) is 7.83. The van der Waals surface area contributed by atoms with Gasteiger partial charge in [-0.25, -0.2) is 0 Å². The monoisotopic (exact) mass is 231 g/mol. The number of aryl methyl sites for hydroxylation is 1. The molecule has 1 aromatic rings. The molecule has 4 nitrogen and oxygen atoms in total. The van der Waals surface area contributed by atoms with Gasteiger partial charge in [0.25, 0.3) is 5.69 Å². The van der Waals surface area contributed by atoms with Crippen LogP contribution in [-0.4, -0.2) is 10.0 Å². The molecule has 0 radical (unpaired) electrons. The number of hydrogen-bond donors (Lipinski definition) is 1. The molecule has 0 fully saturated rings. The summed E-state index contributed by atoms with van der Waals surface area (Å²) in [5.74, 6) is 0.0121. The molecule has 0 saturated carbocycles. The maximum atomic E-state index is 10.4. The van der Waals surface area contributed by atoms with Crippen LogP contribution in [-0.2, 0) is 0 Å². The molecular weight excluding hydrogens is 226 g/mol. The van der Waals surface area contributed by atoms with Gasteiger partial charge in [-0.3, -0.25) is 10.1 Å². The van der Waals surface area contributed by atoms with Crippen molar-refractivity contribution in [2.45, 2.75) is 6.92 Å². The zero-order valence-electron chi connectivity index (χ0n) is 6.24. The minimum atomic E-state index is -0.487. The van der Waals surface area contributed by atoms with E-state index in [0.29, 0.717) is 10.0 Å². The number of phenols is 1. The Kier molecular flexibility index (Phi) is 2.32. The minimum Gasteiger partial charge on any atom is -0.507 e. The van der Waals surface area contributed by atoms with E-state index in [0.717, 1.165) is 0 Å². The predicted molar refractivity (Wildman–Crippen MR) is 47.2 cm³/mol. The summed E-state index contributed by atoms with van der Waals surface area (Å²) in [6.45, 7) is 1.57. The molecule has 1 aromatic carbocycles. The highest BCUT2D eigenvalue weighted by Crippen LogP contribution is 2.30. The molecule has 12 heavy (non-hydrogen) atoms. The highest BCUT2D eigenvalue weighted by molar-refractivity contribution is 9.10. The van der Waals surface area contributed by atoms with Gasteiger partial charge in [0.2, 0.25) is 0 Å². The number of aromatic hydroxyl groups is 1. The molecule has 0 aliphatic heterocycles. The molecule has 0 aliphatic carbocycles. The predicted octanol–water partition coefficient (Wildman–Crippen LogP) is 2.37. The van der Waals surface area contributed by atoms with Crippen LogP contribution in [0, 0.1) is 17.0 Å². The van der Waals surface area contributed by atoms with Gasteiger partial charge in [0, 0.05) is 11.6 Å².